The molecule has 0 aliphatic heterocycles. The molecule has 152 valence electrons. The summed E-state index contributed by atoms with van der Waals surface area (Å²) in [5.74, 6) is 0.774. The molecule has 0 atom stereocenters. The van der Waals surface area contributed by atoms with Gasteiger partial charge in [0.05, 0.1) is 4.90 Å². The Morgan fingerprint density at radius 2 is 1.83 bits per heavy atom. The predicted molar refractivity (Wildman–Crippen MR) is 112 cm³/mol. The van der Waals surface area contributed by atoms with Crippen molar-refractivity contribution in [3.63, 3.8) is 0 Å². The van der Waals surface area contributed by atoms with Crippen LogP contribution in [0.15, 0.2) is 74.4 Å². The second kappa shape index (κ2) is 8.81. The Morgan fingerprint density at radius 3 is 2.52 bits per heavy atom. The van der Waals surface area contributed by atoms with Gasteiger partial charge < -0.3 is 14.5 Å². The third-order valence-corrected chi connectivity index (χ3v) is 6.29. The van der Waals surface area contributed by atoms with Gasteiger partial charge in [0.15, 0.2) is 5.76 Å². The lowest BCUT2D eigenvalue weighted by Gasteiger charge is -2.12. The zero-order chi connectivity index (χ0) is 21.0. The average Bonchev–Trinajstić information content (AvgIpc) is 3.17. The molecule has 0 bridgehead atoms. The van der Waals surface area contributed by atoms with Crippen molar-refractivity contribution in [2.75, 3.05) is 19.4 Å². The third-order valence-electron chi connectivity index (χ3n) is 3.95. The maximum Gasteiger partial charge on any atom is 0.291 e. The normalized spacial score (nSPS) is 11.4. The summed E-state index contributed by atoms with van der Waals surface area (Å²) < 4.78 is 37.7. The number of ether oxygens (including phenoxy) is 1. The van der Waals surface area contributed by atoms with Crippen LogP contribution in [0.3, 0.4) is 0 Å². The Hall–Kier alpha value is -2.62. The van der Waals surface area contributed by atoms with Crippen molar-refractivity contribution in [3.05, 3.63) is 76.7 Å². The smallest absolute Gasteiger partial charge is 0.291 e. The monoisotopic (exact) mass is 478 g/mol. The van der Waals surface area contributed by atoms with Crippen LogP contribution in [0.1, 0.15) is 16.3 Å². The van der Waals surface area contributed by atoms with Crippen LogP contribution in [0.2, 0.25) is 0 Å². The fraction of sp³-hybridized carbons (Fsp3) is 0.150. The molecule has 1 N–H and O–H groups in total. The molecule has 29 heavy (non-hydrogen) atoms. The molecule has 0 unspecified atom stereocenters. The number of hydrogen-bond donors (Lipinski definition) is 1. The SMILES string of the molecule is CN(C)S(=O)(=O)c1cccc(NC(=O)c2ccc(COc3ccc(Br)cc3)o2)c1. The molecular formula is C20H19BrN2O5S. The van der Waals surface area contributed by atoms with Crippen LogP contribution in [-0.2, 0) is 16.6 Å². The standard InChI is InChI=1S/C20H19BrN2O5S/c1-23(2)29(25,26)18-5-3-4-15(12-18)22-20(24)19-11-10-17(28-19)13-27-16-8-6-14(21)7-9-16/h3-12H,13H2,1-2H3,(H,22,24). The number of anilines is 1. The summed E-state index contributed by atoms with van der Waals surface area (Å²) in [6.07, 6.45) is 0. The zero-order valence-corrected chi connectivity index (χ0v) is 18.2. The molecule has 0 aliphatic carbocycles. The number of amides is 1. The highest BCUT2D eigenvalue weighted by molar-refractivity contribution is 9.10. The van der Waals surface area contributed by atoms with Crippen LogP contribution in [0.25, 0.3) is 0 Å². The van der Waals surface area contributed by atoms with E-state index in [0.717, 1.165) is 8.78 Å². The van der Waals surface area contributed by atoms with Crippen molar-refractivity contribution in [2.24, 2.45) is 0 Å². The third kappa shape index (κ3) is 5.26. The number of rotatable bonds is 7. The number of hydrogen-bond acceptors (Lipinski definition) is 5. The Labute approximate surface area is 177 Å². The molecule has 2 aromatic carbocycles. The molecule has 1 amide bonds. The van der Waals surface area contributed by atoms with Gasteiger partial charge in [-0.1, -0.05) is 22.0 Å². The number of carbonyl (C=O) groups excluding carboxylic acids is 1. The number of benzene rings is 2. The molecular weight excluding hydrogens is 460 g/mol. The molecule has 3 rings (SSSR count). The van der Waals surface area contributed by atoms with Crippen molar-refractivity contribution in [3.8, 4) is 5.75 Å². The van der Waals surface area contributed by atoms with Gasteiger partial charge in [-0.2, -0.15) is 0 Å². The topological polar surface area (TPSA) is 88.9 Å². The van der Waals surface area contributed by atoms with Gasteiger partial charge in [0.25, 0.3) is 5.91 Å². The number of carbonyl (C=O) groups is 1. The molecule has 7 nitrogen and oxygen atoms in total. The molecule has 3 aromatic rings. The highest BCUT2D eigenvalue weighted by Crippen LogP contribution is 2.20. The lowest BCUT2D eigenvalue weighted by molar-refractivity contribution is 0.0992. The van der Waals surface area contributed by atoms with Crippen molar-refractivity contribution in [2.45, 2.75) is 11.5 Å². The van der Waals surface area contributed by atoms with E-state index < -0.39 is 15.9 Å². The fourth-order valence-corrected chi connectivity index (χ4v) is 3.61. The number of halogens is 1. The highest BCUT2D eigenvalue weighted by Gasteiger charge is 2.18. The van der Waals surface area contributed by atoms with E-state index in [1.807, 2.05) is 24.3 Å². The minimum absolute atomic E-state index is 0.0864. The molecule has 0 saturated heterocycles. The molecule has 1 aromatic heterocycles. The Bertz CT molecular complexity index is 1110. The lowest BCUT2D eigenvalue weighted by atomic mass is 10.3. The van der Waals surface area contributed by atoms with Crippen molar-refractivity contribution < 1.29 is 22.4 Å². The minimum atomic E-state index is -3.59. The Morgan fingerprint density at radius 1 is 1.10 bits per heavy atom. The van der Waals surface area contributed by atoms with Gasteiger partial charge in [0.1, 0.15) is 18.1 Å². The van der Waals surface area contributed by atoms with Crippen LogP contribution in [0.4, 0.5) is 5.69 Å². The average molecular weight is 479 g/mol. The minimum Gasteiger partial charge on any atom is -0.486 e. The van der Waals surface area contributed by atoms with E-state index in [9.17, 15) is 13.2 Å². The van der Waals surface area contributed by atoms with E-state index in [0.29, 0.717) is 17.2 Å². The molecule has 9 heteroatoms. The van der Waals surface area contributed by atoms with Gasteiger partial charge in [-0.3, -0.25) is 4.79 Å². The van der Waals surface area contributed by atoms with E-state index in [1.165, 1.54) is 32.3 Å². The second-order valence-electron chi connectivity index (χ2n) is 6.28. The van der Waals surface area contributed by atoms with E-state index >= 15 is 0 Å². The van der Waals surface area contributed by atoms with E-state index in [1.54, 1.807) is 18.2 Å². The molecule has 0 spiro atoms. The van der Waals surface area contributed by atoms with Crippen molar-refractivity contribution in [1.29, 1.82) is 0 Å². The Kier molecular flexibility index (Phi) is 6.41. The number of sulfonamides is 1. The van der Waals surface area contributed by atoms with Gasteiger partial charge in [-0.05, 0) is 54.6 Å². The molecule has 0 radical (unpaired) electrons. The van der Waals surface area contributed by atoms with E-state index in [-0.39, 0.29) is 17.3 Å². The summed E-state index contributed by atoms with van der Waals surface area (Å²) in [4.78, 5) is 12.5. The van der Waals surface area contributed by atoms with Gasteiger partial charge in [-0.25, -0.2) is 12.7 Å². The largest absolute Gasteiger partial charge is 0.486 e. The predicted octanol–water partition coefficient (Wildman–Crippen LogP) is 4.12. The van der Waals surface area contributed by atoms with Gasteiger partial charge in [-0.15, -0.1) is 0 Å². The van der Waals surface area contributed by atoms with Crippen molar-refractivity contribution in [1.82, 2.24) is 4.31 Å². The summed E-state index contributed by atoms with van der Waals surface area (Å²) in [5.41, 5.74) is 0.349. The van der Waals surface area contributed by atoms with Gasteiger partial charge in [0.2, 0.25) is 10.0 Å². The molecule has 0 aliphatic rings. The summed E-state index contributed by atoms with van der Waals surface area (Å²) in [7, 11) is -0.702. The lowest BCUT2D eigenvalue weighted by Crippen LogP contribution is -2.22. The highest BCUT2D eigenvalue weighted by atomic mass is 79.9. The molecule has 0 saturated carbocycles. The Balaban J connectivity index is 1.65. The summed E-state index contributed by atoms with van der Waals surface area (Å²) in [6.45, 7) is 0.172. The number of nitrogens with one attached hydrogen (secondary N) is 1. The first-order valence-electron chi connectivity index (χ1n) is 8.57. The number of nitrogens with zero attached hydrogens (tertiary/aromatic N) is 1. The van der Waals surface area contributed by atoms with Crippen LogP contribution < -0.4 is 10.1 Å². The maximum absolute atomic E-state index is 12.4. The van der Waals surface area contributed by atoms with Gasteiger partial charge in [0, 0.05) is 24.3 Å². The summed E-state index contributed by atoms with van der Waals surface area (Å²) in [5, 5.41) is 2.64. The number of furan rings is 1. The summed E-state index contributed by atoms with van der Waals surface area (Å²) >= 11 is 3.36. The maximum atomic E-state index is 12.4. The second-order valence-corrected chi connectivity index (χ2v) is 9.35. The van der Waals surface area contributed by atoms with Crippen LogP contribution >= 0.6 is 15.9 Å². The quantitative estimate of drug-likeness (QED) is 0.551. The summed E-state index contributed by atoms with van der Waals surface area (Å²) in [6, 6.07) is 16.6. The van der Waals surface area contributed by atoms with E-state index in [4.69, 9.17) is 9.15 Å². The van der Waals surface area contributed by atoms with Gasteiger partial charge >= 0.3 is 0 Å². The van der Waals surface area contributed by atoms with Crippen LogP contribution in [-0.4, -0.2) is 32.7 Å². The van der Waals surface area contributed by atoms with E-state index in [2.05, 4.69) is 21.2 Å². The van der Waals surface area contributed by atoms with Crippen LogP contribution in [0.5, 0.6) is 5.75 Å². The molecule has 0 fully saturated rings. The first kappa shape index (κ1) is 21.1. The molecule has 1 heterocycles. The first-order chi connectivity index (χ1) is 13.8. The van der Waals surface area contributed by atoms with Crippen LogP contribution in [0, 0.1) is 0 Å². The first-order valence-corrected chi connectivity index (χ1v) is 10.8. The zero-order valence-electron chi connectivity index (χ0n) is 15.8. The van der Waals surface area contributed by atoms with Crippen molar-refractivity contribution >= 4 is 37.5 Å². The fourth-order valence-electron chi connectivity index (χ4n) is 2.40.